The number of ketones is 1. The summed E-state index contributed by atoms with van der Waals surface area (Å²) in [5.74, 6) is 0.424. The number of hydrogen-bond acceptors (Lipinski definition) is 7. The molecular weight excluding hydrogens is 430 g/mol. The summed E-state index contributed by atoms with van der Waals surface area (Å²) in [4.78, 5) is 37.7. The molecule has 0 bridgehead atoms. The van der Waals surface area contributed by atoms with Crippen molar-refractivity contribution >= 4 is 28.6 Å². The Bertz CT molecular complexity index is 1390. The molecule has 1 unspecified atom stereocenters. The number of benzene rings is 2. The molecule has 34 heavy (non-hydrogen) atoms. The highest BCUT2D eigenvalue weighted by Gasteiger charge is 2.25. The maximum Gasteiger partial charge on any atom is 0.280 e. The van der Waals surface area contributed by atoms with Crippen LogP contribution in [0.2, 0.25) is 0 Å². The Balaban J connectivity index is 1.59. The molecule has 174 valence electrons. The van der Waals surface area contributed by atoms with Crippen molar-refractivity contribution < 1.29 is 4.79 Å². The van der Waals surface area contributed by atoms with Gasteiger partial charge in [-0.25, -0.2) is 4.98 Å². The van der Waals surface area contributed by atoms with E-state index in [1.165, 1.54) is 10.9 Å². The predicted molar refractivity (Wildman–Crippen MR) is 132 cm³/mol. The van der Waals surface area contributed by atoms with Crippen molar-refractivity contribution in [3.8, 4) is 0 Å². The number of piperidine rings is 1. The van der Waals surface area contributed by atoms with Gasteiger partial charge in [0, 0.05) is 30.4 Å². The second kappa shape index (κ2) is 9.11. The quantitative estimate of drug-likeness (QED) is 0.335. The Labute approximate surface area is 196 Å². The molecule has 1 saturated heterocycles. The average Bonchev–Trinajstić information content (AvgIpc) is 3.21. The van der Waals surface area contributed by atoms with E-state index in [4.69, 9.17) is 16.5 Å². The van der Waals surface area contributed by atoms with Crippen molar-refractivity contribution in [3.05, 3.63) is 82.4 Å². The van der Waals surface area contributed by atoms with Crippen LogP contribution < -0.4 is 21.9 Å². The van der Waals surface area contributed by atoms with Gasteiger partial charge in [-0.2, -0.15) is 4.98 Å². The molecule has 0 spiro atoms. The number of fused-ring (bicyclic) bond motifs is 1. The van der Waals surface area contributed by atoms with Gasteiger partial charge in [-0.3, -0.25) is 18.7 Å². The number of nitrogen functional groups attached to an aromatic ring is 1. The second-order valence-corrected chi connectivity index (χ2v) is 8.69. The van der Waals surface area contributed by atoms with E-state index < -0.39 is 0 Å². The lowest BCUT2D eigenvalue weighted by Gasteiger charge is -2.31. The highest BCUT2D eigenvalue weighted by Crippen LogP contribution is 2.24. The molecule has 2 aromatic carbocycles. The molecular formula is C25H27N7O2. The zero-order chi connectivity index (χ0) is 23.7. The van der Waals surface area contributed by atoms with Gasteiger partial charge in [-0.1, -0.05) is 42.5 Å². The summed E-state index contributed by atoms with van der Waals surface area (Å²) < 4.78 is 3.22. The molecule has 9 nitrogen and oxygen atoms in total. The molecule has 0 aliphatic carbocycles. The van der Waals surface area contributed by atoms with Crippen LogP contribution in [0.1, 0.15) is 28.8 Å². The lowest BCUT2D eigenvalue weighted by Crippen LogP contribution is -2.44. The van der Waals surface area contributed by atoms with Crippen molar-refractivity contribution in [1.29, 1.82) is 0 Å². The van der Waals surface area contributed by atoms with Crippen LogP contribution in [0, 0.1) is 0 Å². The third-order valence-electron chi connectivity index (χ3n) is 6.21. The van der Waals surface area contributed by atoms with Gasteiger partial charge in [0.15, 0.2) is 16.9 Å². The lowest BCUT2D eigenvalue weighted by molar-refractivity contribution is 0.0971. The van der Waals surface area contributed by atoms with Crippen molar-refractivity contribution in [2.45, 2.75) is 32.0 Å². The predicted octanol–water partition coefficient (Wildman–Crippen LogP) is 2.03. The summed E-state index contributed by atoms with van der Waals surface area (Å²) in [6.07, 6.45) is 3.30. The fraction of sp³-hybridized carbons (Fsp3) is 0.280. The summed E-state index contributed by atoms with van der Waals surface area (Å²) in [6.45, 7) is 1.78. The molecule has 1 aliphatic heterocycles. The highest BCUT2D eigenvalue weighted by atomic mass is 16.1. The third-order valence-corrected chi connectivity index (χ3v) is 6.21. The van der Waals surface area contributed by atoms with Crippen LogP contribution in [0.4, 0.5) is 11.6 Å². The molecule has 4 aromatic rings. The first-order valence-corrected chi connectivity index (χ1v) is 11.4. The van der Waals surface area contributed by atoms with Gasteiger partial charge in [0.05, 0.1) is 13.1 Å². The summed E-state index contributed by atoms with van der Waals surface area (Å²) in [5, 5.41) is 0. The largest absolute Gasteiger partial charge is 0.398 e. The monoisotopic (exact) mass is 457 g/mol. The molecule has 5 rings (SSSR count). The number of nitrogens with zero attached hydrogens (tertiary/aromatic N) is 5. The van der Waals surface area contributed by atoms with Gasteiger partial charge in [-0.15, -0.1) is 0 Å². The Kier molecular flexibility index (Phi) is 5.85. The van der Waals surface area contributed by atoms with Crippen LogP contribution in [0.15, 0.2) is 65.7 Å². The molecule has 4 N–H and O–H groups in total. The van der Waals surface area contributed by atoms with E-state index in [0.717, 1.165) is 24.9 Å². The van der Waals surface area contributed by atoms with Crippen LogP contribution in [0.3, 0.4) is 0 Å². The highest BCUT2D eigenvalue weighted by molar-refractivity contribution is 6.00. The number of imidazole rings is 1. The maximum absolute atomic E-state index is 13.6. The number of rotatable bonds is 6. The molecule has 9 heteroatoms. The molecule has 0 radical (unpaired) electrons. The molecule has 1 atom stereocenters. The number of Topliss-reactive ketones (excluding diaryl/α,β-unsaturated/α-hetero) is 1. The number of anilines is 2. The zero-order valence-corrected chi connectivity index (χ0v) is 18.8. The number of carbonyl (C=O) groups excluding carboxylic acids is 1. The van der Waals surface area contributed by atoms with Crippen molar-refractivity contribution in [3.63, 3.8) is 0 Å². The van der Waals surface area contributed by atoms with Crippen LogP contribution >= 0.6 is 0 Å². The number of carbonyl (C=O) groups is 1. The fourth-order valence-electron chi connectivity index (χ4n) is 4.49. The Morgan fingerprint density at radius 3 is 2.62 bits per heavy atom. The number of hydrogen-bond donors (Lipinski definition) is 2. The summed E-state index contributed by atoms with van der Waals surface area (Å²) in [7, 11) is 0. The first-order valence-electron chi connectivity index (χ1n) is 11.4. The third kappa shape index (κ3) is 4.17. The summed E-state index contributed by atoms with van der Waals surface area (Å²) in [6, 6.07) is 16.8. The van der Waals surface area contributed by atoms with Gasteiger partial charge in [-0.05, 0) is 30.5 Å². The van der Waals surface area contributed by atoms with Gasteiger partial charge in [0.1, 0.15) is 6.33 Å². The van der Waals surface area contributed by atoms with E-state index in [1.54, 1.807) is 24.3 Å². The smallest absolute Gasteiger partial charge is 0.280 e. The van der Waals surface area contributed by atoms with E-state index in [-0.39, 0.29) is 23.9 Å². The SMILES string of the molecule is Nc1ccccc1C(=O)Cn1cnc2nc(N3CCCC(N)C3)n(Cc3ccccc3)c2c1=O. The number of para-hydroxylation sites is 1. The standard InChI is InChI=1S/C25H27N7O2/c26-18-9-6-12-30(14-18)25-29-23-22(32(25)13-17-7-2-1-3-8-17)24(34)31(16-28-23)15-21(33)19-10-4-5-11-20(19)27/h1-5,7-8,10-11,16,18H,6,9,12-15,26-27H2. The van der Waals surface area contributed by atoms with Crippen LogP contribution in [0.25, 0.3) is 11.2 Å². The number of nitrogens with two attached hydrogens (primary N) is 2. The van der Waals surface area contributed by atoms with E-state index in [2.05, 4.69) is 9.88 Å². The molecule has 0 amide bonds. The second-order valence-electron chi connectivity index (χ2n) is 8.69. The minimum atomic E-state index is -0.316. The first-order chi connectivity index (χ1) is 16.5. The van der Waals surface area contributed by atoms with Crippen molar-refractivity contribution in [2.24, 2.45) is 5.73 Å². The van der Waals surface area contributed by atoms with Gasteiger partial charge in [0.25, 0.3) is 5.56 Å². The minimum Gasteiger partial charge on any atom is -0.398 e. The summed E-state index contributed by atoms with van der Waals surface area (Å²) in [5.41, 5.74) is 14.4. The van der Waals surface area contributed by atoms with E-state index in [1.807, 2.05) is 34.9 Å². The molecule has 3 heterocycles. The molecule has 1 fully saturated rings. The Morgan fingerprint density at radius 1 is 1.09 bits per heavy atom. The van der Waals surface area contributed by atoms with Crippen LogP contribution in [-0.2, 0) is 13.1 Å². The van der Waals surface area contributed by atoms with Gasteiger partial charge < -0.3 is 16.4 Å². The first kappa shape index (κ1) is 21.8. The van der Waals surface area contributed by atoms with E-state index in [0.29, 0.717) is 41.5 Å². The van der Waals surface area contributed by atoms with Crippen molar-refractivity contribution in [2.75, 3.05) is 23.7 Å². The maximum atomic E-state index is 13.6. The average molecular weight is 458 g/mol. The minimum absolute atomic E-state index is 0.0531. The lowest BCUT2D eigenvalue weighted by atomic mass is 10.1. The molecule has 2 aromatic heterocycles. The van der Waals surface area contributed by atoms with Crippen molar-refractivity contribution in [1.82, 2.24) is 19.1 Å². The Morgan fingerprint density at radius 2 is 1.85 bits per heavy atom. The van der Waals surface area contributed by atoms with Gasteiger partial charge >= 0.3 is 0 Å². The van der Waals surface area contributed by atoms with Crippen LogP contribution in [-0.4, -0.2) is 44.0 Å². The topological polar surface area (TPSA) is 125 Å². The normalized spacial score (nSPS) is 16.1. The Hall–Kier alpha value is -3.98. The zero-order valence-electron chi connectivity index (χ0n) is 18.8. The van der Waals surface area contributed by atoms with E-state index >= 15 is 0 Å². The van der Waals surface area contributed by atoms with E-state index in [9.17, 15) is 9.59 Å². The summed E-state index contributed by atoms with van der Waals surface area (Å²) >= 11 is 0. The van der Waals surface area contributed by atoms with Crippen LogP contribution in [0.5, 0.6) is 0 Å². The number of aromatic nitrogens is 4. The molecule has 1 aliphatic rings. The molecule has 0 saturated carbocycles. The van der Waals surface area contributed by atoms with Gasteiger partial charge in [0.2, 0.25) is 5.95 Å². The fourth-order valence-corrected chi connectivity index (χ4v) is 4.49.